The van der Waals surface area contributed by atoms with E-state index in [1.807, 2.05) is 12.2 Å². The van der Waals surface area contributed by atoms with Gasteiger partial charge < -0.3 is 4.74 Å². The van der Waals surface area contributed by atoms with Crippen molar-refractivity contribution in [3.8, 4) is 5.88 Å². The summed E-state index contributed by atoms with van der Waals surface area (Å²) in [6.07, 6.45) is 3.13. The van der Waals surface area contributed by atoms with Gasteiger partial charge in [0.2, 0.25) is 5.88 Å². The molecule has 1 aliphatic carbocycles. The highest BCUT2D eigenvalue weighted by atomic mass is 32.2. The number of alkyl halides is 3. The number of allylic oxidation sites excluding steroid dienone is 2. The number of likely N-dealkylation sites (tertiary alicyclic amines) is 1. The SMILES string of the molecule is C[C@@H]1CN(C2C=CC=C(n3ccc(OCCC4(C(F)(F)F)CC4)n3)N2S(=O)(=O)c2ccccc2)C(C)(C)C1. The zero-order valence-electron chi connectivity index (χ0n) is 21.7. The second-order valence-corrected chi connectivity index (χ2v) is 13.0. The van der Waals surface area contributed by atoms with Gasteiger partial charge in [0.1, 0.15) is 12.0 Å². The fraction of sp³-hybridized carbons (Fsp3) is 0.519. The van der Waals surface area contributed by atoms with Crippen molar-refractivity contribution < 1.29 is 26.3 Å². The van der Waals surface area contributed by atoms with Crippen LogP contribution in [0, 0.1) is 11.3 Å². The lowest BCUT2D eigenvalue weighted by Crippen LogP contribution is -2.55. The average molecular weight is 551 g/mol. The van der Waals surface area contributed by atoms with Crippen molar-refractivity contribution in [2.24, 2.45) is 11.3 Å². The smallest absolute Gasteiger partial charge is 0.394 e. The fourth-order valence-electron chi connectivity index (χ4n) is 5.68. The number of hydrogen-bond acceptors (Lipinski definition) is 5. The van der Waals surface area contributed by atoms with Gasteiger partial charge in [0.15, 0.2) is 0 Å². The third-order valence-corrected chi connectivity index (χ3v) is 9.62. The van der Waals surface area contributed by atoms with E-state index >= 15 is 0 Å². The maximum Gasteiger partial charge on any atom is 0.394 e. The molecule has 0 bridgehead atoms. The molecular formula is C27H33F3N4O3S. The molecule has 7 nitrogen and oxygen atoms in total. The van der Waals surface area contributed by atoms with Crippen LogP contribution in [0.15, 0.2) is 65.7 Å². The van der Waals surface area contributed by atoms with E-state index < -0.39 is 27.8 Å². The molecule has 3 heterocycles. The van der Waals surface area contributed by atoms with Gasteiger partial charge in [-0.3, -0.25) is 4.90 Å². The minimum Gasteiger partial charge on any atom is -0.477 e. The number of nitrogens with zero attached hydrogens (tertiary/aromatic N) is 4. The summed E-state index contributed by atoms with van der Waals surface area (Å²) in [5, 5.41) is 4.39. The van der Waals surface area contributed by atoms with Crippen molar-refractivity contribution in [1.29, 1.82) is 0 Å². The molecule has 0 spiro atoms. The van der Waals surface area contributed by atoms with Crippen LogP contribution in [0.3, 0.4) is 0 Å². The van der Waals surface area contributed by atoms with Crippen molar-refractivity contribution in [3.63, 3.8) is 0 Å². The highest BCUT2D eigenvalue weighted by molar-refractivity contribution is 7.89. The molecule has 11 heteroatoms. The number of sulfonamides is 1. The Bertz CT molecular complexity index is 1330. The summed E-state index contributed by atoms with van der Waals surface area (Å²) in [4.78, 5) is 2.34. The predicted octanol–water partition coefficient (Wildman–Crippen LogP) is 5.50. The Kier molecular flexibility index (Phi) is 6.66. The van der Waals surface area contributed by atoms with E-state index in [2.05, 4.69) is 30.8 Å². The van der Waals surface area contributed by atoms with Gasteiger partial charge in [-0.15, -0.1) is 5.10 Å². The van der Waals surface area contributed by atoms with Crippen LogP contribution in [0.1, 0.15) is 46.5 Å². The van der Waals surface area contributed by atoms with Crippen LogP contribution < -0.4 is 4.74 Å². The van der Waals surface area contributed by atoms with Gasteiger partial charge in [0.25, 0.3) is 10.0 Å². The molecule has 5 rings (SSSR count). The fourth-order valence-corrected chi connectivity index (χ4v) is 7.27. The average Bonchev–Trinajstić information content (AvgIpc) is 3.42. The van der Waals surface area contributed by atoms with Crippen molar-refractivity contribution in [2.45, 2.75) is 69.2 Å². The number of aromatic nitrogens is 2. The van der Waals surface area contributed by atoms with Gasteiger partial charge in [-0.25, -0.2) is 17.4 Å². The zero-order chi connectivity index (χ0) is 27.3. The van der Waals surface area contributed by atoms with Crippen LogP contribution in [0.25, 0.3) is 5.82 Å². The molecule has 1 aromatic carbocycles. The predicted molar refractivity (Wildman–Crippen MR) is 137 cm³/mol. The topological polar surface area (TPSA) is 67.7 Å². The van der Waals surface area contributed by atoms with Crippen molar-refractivity contribution in [1.82, 2.24) is 19.0 Å². The summed E-state index contributed by atoms with van der Waals surface area (Å²) < 4.78 is 76.2. The Morgan fingerprint density at radius 2 is 1.84 bits per heavy atom. The van der Waals surface area contributed by atoms with Gasteiger partial charge in [-0.2, -0.15) is 13.2 Å². The number of ether oxygens (including phenoxy) is 1. The molecule has 1 aromatic heterocycles. The molecule has 1 saturated heterocycles. The molecule has 2 fully saturated rings. The largest absolute Gasteiger partial charge is 0.477 e. The summed E-state index contributed by atoms with van der Waals surface area (Å²) in [7, 11) is -4.00. The first-order chi connectivity index (χ1) is 17.8. The molecule has 0 N–H and O–H groups in total. The highest BCUT2D eigenvalue weighted by Crippen LogP contribution is 2.59. The maximum absolute atomic E-state index is 14.1. The van der Waals surface area contributed by atoms with E-state index in [4.69, 9.17) is 4.74 Å². The molecule has 0 amide bonds. The van der Waals surface area contributed by atoms with Crippen molar-refractivity contribution >= 4 is 15.8 Å². The van der Waals surface area contributed by atoms with E-state index in [0.29, 0.717) is 11.7 Å². The molecule has 3 aliphatic rings. The van der Waals surface area contributed by atoms with E-state index in [9.17, 15) is 21.6 Å². The molecule has 2 atom stereocenters. The van der Waals surface area contributed by atoms with E-state index in [0.717, 1.165) is 13.0 Å². The zero-order valence-corrected chi connectivity index (χ0v) is 22.5. The molecule has 2 aromatic rings. The molecule has 1 unspecified atom stereocenters. The Morgan fingerprint density at radius 1 is 1.13 bits per heavy atom. The number of rotatable bonds is 8. The van der Waals surface area contributed by atoms with Gasteiger partial charge in [0, 0.05) is 24.3 Å². The molecular weight excluding hydrogens is 517 g/mol. The van der Waals surface area contributed by atoms with Crippen LogP contribution in [0.4, 0.5) is 13.2 Å². The minimum absolute atomic E-state index is 0.118. The third kappa shape index (κ3) is 4.86. The molecule has 38 heavy (non-hydrogen) atoms. The highest BCUT2D eigenvalue weighted by Gasteiger charge is 2.62. The van der Waals surface area contributed by atoms with Gasteiger partial charge in [0.05, 0.1) is 16.9 Å². The van der Waals surface area contributed by atoms with Crippen LogP contribution >= 0.6 is 0 Å². The Hall–Kier alpha value is -2.79. The van der Waals surface area contributed by atoms with E-state index in [1.165, 1.54) is 15.1 Å². The summed E-state index contributed by atoms with van der Waals surface area (Å²) in [5.41, 5.74) is -1.89. The Morgan fingerprint density at radius 3 is 2.45 bits per heavy atom. The van der Waals surface area contributed by atoms with Crippen LogP contribution in [-0.2, 0) is 10.0 Å². The molecule has 206 valence electrons. The van der Waals surface area contributed by atoms with Gasteiger partial charge in [-0.05, 0) is 69.7 Å². The minimum atomic E-state index is -4.24. The first kappa shape index (κ1) is 26.8. The van der Waals surface area contributed by atoms with Gasteiger partial charge in [-0.1, -0.05) is 31.2 Å². The lowest BCUT2D eigenvalue weighted by atomic mass is 9.97. The lowest BCUT2D eigenvalue weighted by Gasteiger charge is -2.44. The Balaban J connectivity index is 1.44. The van der Waals surface area contributed by atoms with Gasteiger partial charge >= 0.3 is 6.18 Å². The maximum atomic E-state index is 14.1. The standard InChI is InChI=1S/C27H33F3N4O3S/c1-20-18-25(2,3)32(19-20)23-10-7-11-24(34(23)38(35,36)21-8-5-4-6-9-21)33-16-12-22(31-33)37-17-15-26(13-14-26)27(28,29)30/h4-12,16,20,23H,13-15,17-19H2,1-3H3/t20-,23?/m0/s1. The summed E-state index contributed by atoms with van der Waals surface area (Å²) in [6, 6.07) is 9.78. The number of hydrogen-bond donors (Lipinski definition) is 0. The molecule has 1 saturated carbocycles. The quantitative estimate of drug-likeness (QED) is 0.434. The first-order valence-corrected chi connectivity index (χ1v) is 14.3. The summed E-state index contributed by atoms with van der Waals surface area (Å²) in [6.45, 7) is 6.99. The summed E-state index contributed by atoms with van der Waals surface area (Å²) >= 11 is 0. The third-order valence-electron chi connectivity index (χ3n) is 7.83. The second-order valence-electron chi connectivity index (χ2n) is 11.2. The molecule has 0 radical (unpaired) electrons. The Labute approximate surface area is 221 Å². The van der Waals surface area contributed by atoms with Crippen molar-refractivity contribution in [2.75, 3.05) is 13.2 Å². The normalized spacial score (nSPS) is 24.9. The van der Waals surface area contributed by atoms with Crippen LogP contribution in [0.5, 0.6) is 5.88 Å². The summed E-state index contributed by atoms with van der Waals surface area (Å²) in [5.74, 6) is 0.841. The van der Waals surface area contributed by atoms with E-state index in [-0.39, 0.29) is 42.2 Å². The van der Waals surface area contributed by atoms with E-state index in [1.54, 1.807) is 42.6 Å². The number of halogens is 3. The van der Waals surface area contributed by atoms with Crippen LogP contribution in [0.2, 0.25) is 0 Å². The monoisotopic (exact) mass is 550 g/mol. The van der Waals surface area contributed by atoms with Crippen molar-refractivity contribution in [3.05, 3.63) is 60.8 Å². The number of benzene rings is 1. The second kappa shape index (κ2) is 9.44. The first-order valence-electron chi connectivity index (χ1n) is 12.8. The van der Waals surface area contributed by atoms with Crippen LogP contribution in [-0.4, -0.2) is 58.4 Å². The lowest BCUT2D eigenvalue weighted by molar-refractivity contribution is -0.190. The molecule has 2 aliphatic heterocycles.